The van der Waals surface area contributed by atoms with Gasteiger partial charge in [0.15, 0.2) is 0 Å². The zero-order valence-electron chi connectivity index (χ0n) is 11.6. The lowest BCUT2D eigenvalue weighted by Gasteiger charge is -2.35. The van der Waals surface area contributed by atoms with Crippen LogP contribution in [0.1, 0.15) is 38.7 Å². The molecule has 1 aromatic rings. The third-order valence-electron chi connectivity index (χ3n) is 3.83. The summed E-state index contributed by atoms with van der Waals surface area (Å²) in [5.41, 5.74) is 1.45. The molecule has 0 saturated heterocycles. The quantitative estimate of drug-likeness (QED) is 0.859. The highest BCUT2D eigenvalue weighted by atomic mass is 32.2. The summed E-state index contributed by atoms with van der Waals surface area (Å²) in [5, 5.41) is 4.46. The lowest BCUT2D eigenvalue weighted by Crippen LogP contribution is -2.42. The third kappa shape index (κ3) is 4.03. The Hall–Kier alpha value is -0.470. The van der Waals surface area contributed by atoms with Gasteiger partial charge in [0.05, 0.1) is 0 Å². The Bertz CT molecular complexity index is 338. The smallest absolute Gasteiger partial charge is 0.0207 e. The lowest BCUT2D eigenvalue weighted by atomic mass is 9.87. The number of thioether (sulfide) groups is 1. The minimum Gasteiger partial charge on any atom is -0.313 e. The fourth-order valence-electron chi connectivity index (χ4n) is 2.79. The first-order chi connectivity index (χ1) is 8.79. The third-order valence-corrected chi connectivity index (χ3v) is 5.28. The van der Waals surface area contributed by atoms with Crippen LogP contribution in [0.2, 0.25) is 0 Å². The van der Waals surface area contributed by atoms with Crippen LogP contribution in [0.5, 0.6) is 0 Å². The molecule has 3 atom stereocenters. The first kappa shape index (κ1) is 14.0. The first-order valence-corrected chi connectivity index (χ1v) is 8.23. The average Bonchev–Trinajstić information content (AvgIpc) is 2.40. The highest BCUT2D eigenvalue weighted by Gasteiger charge is 2.28. The summed E-state index contributed by atoms with van der Waals surface area (Å²) in [6.07, 6.45) is 4.11. The van der Waals surface area contributed by atoms with Gasteiger partial charge >= 0.3 is 0 Å². The molecule has 0 aliphatic heterocycles. The Balaban J connectivity index is 1.88. The molecule has 0 amide bonds. The van der Waals surface area contributed by atoms with Crippen LogP contribution in [0.15, 0.2) is 30.3 Å². The fourth-order valence-corrected chi connectivity index (χ4v) is 4.31. The van der Waals surface area contributed by atoms with Crippen molar-refractivity contribution >= 4 is 11.8 Å². The van der Waals surface area contributed by atoms with Gasteiger partial charge in [0.2, 0.25) is 0 Å². The molecule has 0 spiro atoms. The summed E-state index contributed by atoms with van der Waals surface area (Å²) in [7, 11) is 0. The first-order valence-electron chi connectivity index (χ1n) is 7.18. The number of hydrogen-bond acceptors (Lipinski definition) is 2. The average molecular weight is 263 g/mol. The number of nitrogens with one attached hydrogen (secondary N) is 1. The summed E-state index contributed by atoms with van der Waals surface area (Å²) in [6, 6.07) is 11.6. The van der Waals surface area contributed by atoms with Crippen molar-refractivity contribution in [1.82, 2.24) is 5.32 Å². The minimum absolute atomic E-state index is 0.722. The summed E-state index contributed by atoms with van der Waals surface area (Å²) in [4.78, 5) is 0. The van der Waals surface area contributed by atoms with Gasteiger partial charge in [0.1, 0.15) is 0 Å². The maximum Gasteiger partial charge on any atom is 0.0207 e. The summed E-state index contributed by atoms with van der Waals surface area (Å²) >= 11 is 2.14. The van der Waals surface area contributed by atoms with E-state index in [1.54, 1.807) is 0 Å². The van der Waals surface area contributed by atoms with Crippen LogP contribution < -0.4 is 5.32 Å². The van der Waals surface area contributed by atoms with Gasteiger partial charge in [-0.2, -0.15) is 11.8 Å². The number of hydrogen-bond donors (Lipinski definition) is 1. The molecule has 1 fully saturated rings. The molecule has 0 aromatic heterocycles. The SMILES string of the molecule is CCNC1CCC(C)CC1SCc1ccccc1. The molecule has 100 valence electrons. The molecule has 1 N–H and O–H groups in total. The topological polar surface area (TPSA) is 12.0 Å². The maximum absolute atomic E-state index is 3.67. The van der Waals surface area contributed by atoms with Crippen LogP contribution in [-0.2, 0) is 5.75 Å². The molecule has 2 heteroatoms. The molecule has 2 rings (SSSR count). The van der Waals surface area contributed by atoms with Crippen molar-refractivity contribution in [3.63, 3.8) is 0 Å². The fraction of sp³-hybridized carbons (Fsp3) is 0.625. The zero-order chi connectivity index (χ0) is 12.8. The van der Waals surface area contributed by atoms with E-state index in [-0.39, 0.29) is 0 Å². The standard InChI is InChI=1S/C16H25NS/c1-3-17-15-10-9-13(2)11-16(15)18-12-14-7-5-4-6-8-14/h4-8,13,15-17H,3,9-12H2,1-2H3. The highest BCUT2D eigenvalue weighted by molar-refractivity contribution is 7.99. The van der Waals surface area contributed by atoms with Gasteiger partial charge in [-0.25, -0.2) is 0 Å². The van der Waals surface area contributed by atoms with Crippen LogP contribution in [0.4, 0.5) is 0 Å². The van der Waals surface area contributed by atoms with E-state index in [9.17, 15) is 0 Å². The second kappa shape index (κ2) is 7.20. The van der Waals surface area contributed by atoms with Crippen molar-refractivity contribution in [3.05, 3.63) is 35.9 Å². The van der Waals surface area contributed by atoms with Gasteiger partial charge < -0.3 is 5.32 Å². The van der Waals surface area contributed by atoms with E-state index < -0.39 is 0 Å². The highest BCUT2D eigenvalue weighted by Crippen LogP contribution is 2.33. The normalized spacial score (nSPS) is 28.2. The number of benzene rings is 1. The van der Waals surface area contributed by atoms with Crippen LogP contribution >= 0.6 is 11.8 Å². The predicted molar refractivity (Wildman–Crippen MR) is 82.0 cm³/mol. The van der Waals surface area contributed by atoms with Crippen LogP contribution in [0.25, 0.3) is 0 Å². The van der Waals surface area contributed by atoms with Gasteiger partial charge in [-0.15, -0.1) is 0 Å². The van der Waals surface area contributed by atoms with E-state index in [0.29, 0.717) is 0 Å². The Kier molecular flexibility index (Phi) is 5.58. The molecule has 1 aliphatic carbocycles. The lowest BCUT2D eigenvalue weighted by molar-refractivity contribution is 0.320. The maximum atomic E-state index is 3.67. The Labute approximate surface area is 116 Å². The van der Waals surface area contributed by atoms with Crippen molar-refractivity contribution in [2.45, 2.75) is 50.2 Å². The summed E-state index contributed by atoms with van der Waals surface area (Å²) in [6.45, 7) is 5.72. The molecule has 0 radical (unpaired) electrons. The molecule has 1 saturated carbocycles. The largest absolute Gasteiger partial charge is 0.313 e. The van der Waals surface area contributed by atoms with Crippen molar-refractivity contribution < 1.29 is 0 Å². The molecule has 1 aliphatic rings. The van der Waals surface area contributed by atoms with Gasteiger partial charge in [0.25, 0.3) is 0 Å². The Morgan fingerprint density at radius 1 is 1.22 bits per heavy atom. The van der Waals surface area contributed by atoms with Crippen LogP contribution in [0.3, 0.4) is 0 Å². The Morgan fingerprint density at radius 3 is 2.72 bits per heavy atom. The molecular weight excluding hydrogens is 238 g/mol. The van der Waals surface area contributed by atoms with Crippen LogP contribution in [-0.4, -0.2) is 17.8 Å². The monoisotopic (exact) mass is 263 g/mol. The summed E-state index contributed by atoms with van der Waals surface area (Å²) < 4.78 is 0. The van der Waals surface area contributed by atoms with Crippen molar-refractivity contribution in [2.24, 2.45) is 5.92 Å². The van der Waals surface area contributed by atoms with E-state index in [4.69, 9.17) is 0 Å². The number of rotatable bonds is 5. The second-order valence-electron chi connectivity index (χ2n) is 5.42. The molecule has 0 heterocycles. The predicted octanol–water partition coefficient (Wildman–Crippen LogP) is 4.09. The zero-order valence-corrected chi connectivity index (χ0v) is 12.4. The van der Waals surface area contributed by atoms with E-state index in [1.165, 1.54) is 24.8 Å². The van der Waals surface area contributed by atoms with E-state index in [0.717, 1.165) is 29.5 Å². The van der Waals surface area contributed by atoms with E-state index >= 15 is 0 Å². The second-order valence-corrected chi connectivity index (χ2v) is 6.64. The van der Waals surface area contributed by atoms with Gasteiger partial charge in [-0.1, -0.05) is 44.2 Å². The molecular formula is C16H25NS. The van der Waals surface area contributed by atoms with Gasteiger partial charge in [-0.05, 0) is 37.3 Å². The van der Waals surface area contributed by atoms with Crippen molar-refractivity contribution in [2.75, 3.05) is 6.54 Å². The summed E-state index contributed by atoms with van der Waals surface area (Å²) in [5.74, 6) is 2.05. The molecule has 18 heavy (non-hydrogen) atoms. The van der Waals surface area contributed by atoms with E-state index in [2.05, 4.69) is 61.3 Å². The van der Waals surface area contributed by atoms with E-state index in [1.807, 2.05) is 0 Å². The Morgan fingerprint density at radius 2 is 2.00 bits per heavy atom. The van der Waals surface area contributed by atoms with Crippen LogP contribution in [0, 0.1) is 5.92 Å². The minimum atomic E-state index is 0.722. The van der Waals surface area contributed by atoms with Crippen molar-refractivity contribution in [3.8, 4) is 0 Å². The van der Waals surface area contributed by atoms with Crippen molar-refractivity contribution in [1.29, 1.82) is 0 Å². The molecule has 0 bridgehead atoms. The van der Waals surface area contributed by atoms with Gasteiger partial charge in [0, 0.05) is 17.0 Å². The molecule has 3 unspecified atom stereocenters. The molecule has 1 nitrogen and oxygen atoms in total. The van der Waals surface area contributed by atoms with Gasteiger partial charge in [-0.3, -0.25) is 0 Å². The molecule has 1 aromatic carbocycles.